The number of hydrogen-bond donors (Lipinski definition) is 1. The summed E-state index contributed by atoms with van der Waals surface area (Å²) in [5, 5.41) is 0. The molecule has 0 aromatic carbocycles. The van der Waals surface area contributed by atoms with Crippen molar-refractivity contribution in [1.82, 2.24) is 9.55 Å². The Morgan fingerprint density at radius 3 is 3.18 bits per heavy atom. The molecule has 2 N–H and O–H groups in total. The zero-order chi connectivity index (χ0) is 8.10. The molecule has 0 unspecified atom stereocenters. The molecule has 0 atom stereocenters. The molecule has 0 saturated heterocycles. The van der Waals surface area contributed by atoms with Crippen LogP contribution in [0.25, 0.3) is 6.20 Å². The lowest BCUT2D eigenvalue weighted by molar-refractivity contribution is 0.774. The van der Waals surface area contributed by atoms with Gasteiger partial charge < -0.3 is 10.3 Å². The van der Waals surface area contributed by atoms with Crippen LogP contribution in [-0.4, -0.2) is 16.1 Å². The Labute approximate surface area is 66.5 Å². The first kappa shape index (κ1) is 8.01. The van der Waals surface area contributed by atoms with Gasteiger partial charge in [0, 0.05) is 25.0 Å². The van der Waals surface area contributed by atoms with Crippen molar-refractivity contribution in [3.8, 4) is 0 Å². The van der Waals surface area contributed by atoms with Crippen LogP contribution in [0.15, 0.2) is 19.0 Å². The first-order chi connectivity index (χ1) is 5.38. The van der Waals surface area contributed by atoms with Crippen molar-refractivity contribution in [2.45, 2.75) is 12.8 Å². The van der Waals surface area contributed by atoms with E-state index in [1.165, 1.54) is 0 Å². The Hall–Kier alpha value is -1.09. The van der Waals surface area contributed by atoms with Crippen molar-refractivity contribution < 1.29 is 0 Å². The second-order valence-electron chi connectivity index (χ2n) is 2.33. The van der Waals surface area contributed by atoms with Gasteiger partial charge in [0.05, 0.1) is 0 Å². The van der Waals surface area contributed by atoms with Crippen molar-refractivity contribution >= 4 is 6.20 Å². The molecule has 0 aliphatic rings. The summed E-state index contributed by atoms with van der Waals surface area (Å²) in [5.41, 5.74) is 5.37. The molecule has 0 spiro atoms. The van der Waals surface area contributed by atoms with E-state index in [0.29, 0.717) is 6.54 Å². The van der Waals surface area contributed by atoms with E-state index in [0.717, 1.165) is 18.7 Å². The Balaban J connectivity index is 2.61. The molecule has 0 bridgehead atoms. The highest BCUT2D eigenvalue weighted by Gasteiger charge is 1.97. The first-order valence-corrected chi connectivity index (χ1v) is 3.73. The number of nitrogens with two attached hydrogens (primary N) is 1. The topological polar surface area (TPSA) is 43.8 Å². The third kappa shape index (κ3) is 1.91. The van der Waals surface area contributed by atoms with E-state index in [1.54, 1.807) is 12.4 Å². The standard InChI is InChI=1S/C8H13N3/c1-2-11-7-6-10-8(11)4-3-5-9/h2,6-7H,1,3-5,9H2. The fraction of sp³-hybridized carbons (Fsp3) is 0.375. The zero-order valence-corrected chi connectivity index (χ0v) is 6.53. The average Bonchev–Trinajstić information content (AvgIpc) is 2.47. The molecule has 3 nitrogen and oxygen atoms in total. The van der Waals surface area contributed by atoms with Crippen LogP contribution in [-0.2, 0) is 6.42 Å². The summed E-state index contributed by atoms with van der Waals surface area (Å²) in [6, 6.07) is 0. The van der Waals surface area contributed by atoms with Gasteiger partial charge in [-0.05, 0) is 13.0 Å². The Kier molecular flexibility index (Phi) is 2.86. The number of aromatic nitrogens is 2. The summed E-state index contributed by atoms with van der Waals surface area (Å²) in [6.45, 7) is 4.38. The molecule has 0 saturated carbocycles. The highest BCUT2D eigenvalue weighted by Crippen LogP contribution is 2.00. The molecule has 1 heterocycles. The van der Waals surface area contributed by atoms with Gasteiger partial charge in [0.25, 0.3) is 0 Å². The molecule has 1 aromatic heterocycles. The molecule has 0 radical (unpaired) electrons. The molecular weight excluding hydrogens is 138 g/mol. The highest BCUT2D eigenvalue weighted by molar-refractivity contribution is 5.19. The van der Waals surface area contributed by atoms with E-state index in [-0.39, 0.29) is 0 Å². The molecular formula is C8H13N3. The quantitative estimate of drug-likeness (QED) is 0.694. The molecule has 0 amide bonds. The lowest BCUT2D eigenvalue weighted by Gasteiger charge is -1.99. The number of hydrogen-bond acceptors (Lipinski definition) is 2. The molecule has 60 valence electrons. The zero-order valence-electron chi connectivity index (χ0n) is 6.53. The van der Waals surface area contributed by atoms with E-state index >= 15 is 0 Å². The van der Waals surface area contributed by atoms with Crippen LogP contribution in [0.5, 0.6) is 0 Å². The van der Waals surface area contributed by atoms with Gasteiger partial charge in [-0.15, -0.1) is 0 Å². The van der Waals surface area contributed by atoms with Gasteiger partial charge in [-0.2, -0.15) is 0 Å². The maximum Gasteiger partial charge on any atom is 0.112 e. The third-order valence-electron chi connectivity index (χ3n) is 1.55. The number of nitrogens with zero attached hydrogens (tertiary/aromatic N) is 2. The minimum absolute atomic E-state index is 0.712. The summed E-state index contributed by atoms with van der Waals surface area (Å²) >= 11 is 0. The van der Waals surface area contributed by atoms with Crippen LogP contribution in [0.3, 0.4) is 0 Å². The number of rotatable bonds is 4. The highest BCUT2D eigenvalue weighted by atomic mass is 15.0. The lowest BCUT2D eigenvalue weighted by Crippen LogP contribution is -2.03. The SMILES string of the molecule is C=Cn1ccnc1CCCN. The summed E-state index contributed by atoms with van der Waals surface area (Å²) in [4.78, 5) is 4.16. The smallest absolute Gasteiger partial charge is 0.112 e. The monoisotopic (exact) mass is 151 g/mol. The van der Waals surface area contributed by atoms with E-state index in [4.69, 9.17) is 5.73 Å². The molecule has 0 fully saturated rings. The minimum atomic E-state index is 0.712. The second-order valence-corrected chi connectivity index (χ2v) is 2.33. The van der Waals surface area contributed by atoms with Crippen LogP contribution in [0, 0.1) is 0 Å². The van der Waals surface area contributed by atoms with Gasteiger partial charge in [-0.1, -0.05) is 6.58 Å². The molecule has 1 rings (SSSR count). The van der Waals surface area contributed by atoms with Crippen molar-refractivity contribution in [1.29, 1.82) is 0 Å². The summed E-state index contributed by atoms with van der Waals surface area (Å²) in [7, 11) is 0. The van der Waals surface area contributed by atoms with Gasteiger partial charge in [-0.25, -0.2) is 4.98 Å². The van der Waals surface area contributed by atoms with E-state index in [9.17, 15) is 0 Å². The second kappa shape index (κ2) is 3.93. The van der Waals surface area contributed by atoms with Crippen LogP contribution in [0.4, 0.5) is 0 Å². The van der Waals surface area contributed by atoms with E-state index in [2.05, 4.69) is 11.6 Å². The first-order valence-electron chi connectivity index (χ1n) is 3.73. The molecule has 3 heteroatoms. The average molecular weight is 151 g/mol. The van der Waals surface area contributed by atoms with Crippen molar-refractivity contribution in [2.24, 2.45) is 5.73 Å². The molecule has 11 heavy (non-hydrogen) atoms. The van der Waals surface area contributed by atoms with Gasteiger partial charge >= 0.3 is 0 Å². The van der Waals surface area contributed by atoms with Crippen molar-refractivity contribution in [3.05, 3.63) is 24.8 Å². The summed E-state index contributed by atoms with van der Waals surface area (Å²) in [6.07, 6.45) is 7.31. The summed E-state index contributed by atoms with van der Waals surface area (Å²) < 4.78 is 1.91. The van der Waals surface area contributed by atoms with Crippen LogP contribution in [0.2, 0.25) is 0 Å². The summed E-state index contributed by atoms with van der Waals surface area (Å²) in [5.74, 6) is 1.03. The number of imidazole rings is 1. The van der Waals surface area contributed by atoms with Crippen molar-refractivity contribution in [3.63, 3.8) is 0 Å². The fourth-order valence-electron chi connectivity index (χ4n) is 0.964. The Bertz CT molecular complexity index is 227. The maximum atomic E-state index is 5.37. The normalized spacial score (nSPS) is 9.91. The Morgan fingerprint density at radius 1 is 1.73 bits per heavy atom. The van der Waals surface area contributed by atoms with Gasteiger partial charge in [0.15, 0.2) is 0 Å². The van der Waals surface area contributed by atoms with Gasteiger partial charge in [-0.3, -0.25) is 0 Å². The lowest BCUT2D eigenvalue weighted by atomic mass is 10.3. The van der Waals surface area contributed by atoms with Crippen LogP contribution in [0.1, 0.15) is 12.2 Å². The maximum absolute atomic E-state index is 5.37. The van der Waals surface area contributed by atoms with Crippen LogP contribution >= 0.6 is 0 Å². The molecule has 1 aromatic rings. The molecule has 0 aliphatic carbocycles. The largest absolute Gasteiger partial charge is 0.330 e. The van der Waals surface area contributed by atoms with E-state index < -0.39 is 0 Å². The Morgan fingerprint density at radius 2 is 2.55 bits per heavy atom. The predicted molar refractivity (Wildman–Crippen MR) is 46.0 cm³/mol. The fourth-order valence-corrected chi connectivity index (χ4v) is 0.964. The van der Waals surface area contributed by atoms with Crippen LogP contribution < -0.4 is 5.73 Å². The van der Waals surface area contributed by atoms with Gasteiger partial charge in [0.1, 0.15) is 5.82 Å². The third-order valence-corrected chi connectivity index (χ3v) is 1.55. The predicted octanol–water partition coefficient (Wildman–Crippen LogP) is 0.875. The molecule has 0 aliphatic heterocycles. The minimum Gasteiger partial charge on any atom is -0.330 e. The number of aryl methyl sites for hydroxylation is 1. The van der Waals surface area contributed by atoms with Gasteiger partial charge in [0.2, 0.25) is 0 Å². The van der Waals surface area contributed by atoms with Crippen molar-refractivity contribution in [2.75, 3.05) is 6.54 Å². The van der Waals surface area contributed by atoms with E-state index in [1.807, 2.05) is 10.8 Å².